The number of halogens is 5. The molecule has 0 bridgehead atoms. The molecule has 0 aliphatic carbocycles. The molecule has 0 fully saturated rings. The van der Waals surface area contributed by atoms with Crippen molar-refractivity contribution in [2.24, 2.45) is 0 Å². The number of nitrogens with zero attached hydrogens (tertiary/aromatic N) is 5. The standard InChI is InChI=1S/C27H20Cl2F3N5O/c1-15(2)36-14-21(27(30,31)32)34-25(36)17-8-6-16(7-9-17)13-37-22(38)11-10-18-12-33-24(35-26(18)37)23-19(28)4-3-5-20(23)29/h3-12,14-15H,13H2,1-2H3. The van der Waals surface area contributed by atoms with E-state index in [1.807, 2.05) is 0 Å². The van der Waals surface area contributed by atoms with E-state index in [4.69, 9.17) is 23.2 Å². The number of benzene rings is 2. The number of imidazole rings is 1. The molecular weight excluding hydrogens is 538 g/mol. The summed E-state index contributed by atoms with van der Waals surface area (Å²) in [5, 5.41) is 1.41. The zero-order valence-corrected chi connectivity index (χ0v) is 21.7. The van der Waals surface area contributed by atoms with Gasteiger partial charge >= 0.3 is 6.18 Å². The molecule has 0 amide bonds. The van der Waals surface area contributed by atoms with Crippen LogP contribution in [0.5, 0.6) is 0 Å². The van der Waals surface area contributed by atoms with Gasteiger partial charge in [-0.05, 0) is 37.6 Å². The Hall–Kier alpha value is -3.69. The van der Waals surface area contributed by atoms with Crippen LogP contribution in [0.2, 0.25) is 10.0 Å². The largest absolute Gasteiger partial charge is 0.434 e. The van der Waals surface area contributed by atoms with Crippen LogP contribution in [0.4, 0.5) is 13.2 Å². The van der Waals surface area contributed by atoms with Crippen LogP contribution in [-0.4, -0.2) is 24.1 Å². The van der Waals surface area contributed by atoms with Crippen molar-refractivity contribution in [1.82, 2.24) is 24.1 Å². The Morgan fingerprint density at radius 3 is 2.26 bits per heavy atom. The average molecular weight is 558 g/mol. The van der Waals surface area contributed by atoms with Gasteiger partial charge in [0.2, 0.25) is 0 Å². The molecule has 0 N–H and O–H groups in total. The van der Waals surface area contributed by atoms with Crippen LogP contribution in [0.25, 0.3) is 33.8 Å². The topological polar surface area (TPSA) is 65.6 Å². The maximum absolute atomic E-state index is 13.3. The second kappa shape index (κ2) is 9.89. The minimum absolute atomic E-state index is 0.176. The summed E-state index contributed by atoms with van der Waals surface area (Å²) in [6.07, 6.45) is -1.92. The summed E-state index contributed by atoms with van der Waals surface area (Å²) in [5.41, 5.74) is 0.916. The van der Waals surface area contributed by atoms with Crippen molar-refractivity contribution in [3.63, 3.8) is 0 Å². The molecule has 0 radical (unpaired) electrons. The Kier molecular flexibility index (Phi) is 6.75. The van der Waals surface area contributed by atoms with Crippen molar-refractivity contribution in [2.75, 3.05) is 0 Å². The fraction of sp³-hybridized carbons (Fsp3) is 0.185. The van der Waals surface area contributed by atoms with Crippen molar-refractivity contribution in [3.05, 3.63) is 98.6 Å². The number of alkyl halides is 3. The SMILES string of the molecule is CC(C)n1cc(C(F)(F)F)nc1-c1ccc(Cn2c(=O)ccc3cnc(-c4c(Cl)cccc4Cl)nc32)cc1. The summed E-state index contributed by atoms with van der Waals surface area (Å²) in [6, 6.07) is 14.8. The number of aromatic nitrogens is 5. The minimum Gasteiger partial charge on any atom is -0.328 e. The van der Waals surface area contributed by atoms with Crippen molar-refractivity contribution < 1.29 is 13.2 Å². The third-order valence-corrected chi connectivity index (χ3v) is 6.67. The number of fused-ring (bicyclic) bond motifs is 1. The molecule has 3 heterocycles. The van der Waals surface area contributed by atoms with Crippen molar-refractivity contribution in [2.45, 2.75) is 32.6 Å². The van der Waals surface area contributed by atoms with E-state index in [1.165, 1.54) is 15.2 Å². The van der Waals surface area contributed by atoms with Gasteiger partial charge in [-0.1, -0.05) is 53.5 Å². The minimum atomic E-state index is -4.54. The van der Waals surface area contributed by atoms with Crippen molar-refractivity contribution in [3.8, 4) is 22.8 Å². The van der Waals surface area contributed by atoms with Gasteiger partial charge < -0.3 is 4.57 Å². The van der Waals surface area contributed by atoms with E-state index in [1.54, 1.807) is 68.6 Å². The first-order valence-electron chi connectivity index (χ1n) is 11.6. The average Bonchev–Trinajstić information content (AvgIpc) is 3.33. The van der Waals surface area contributed by atoms with E-state index in [-0.39, 0.29) is 29.8 Å². The van der Waals surface area contributed by atoms with Gasteiger partial charge in [0.25, 0.3) is 5.56 Å². The Morgan fingerprint density at radius 2 is 1.63 bits per heavy atom. The molecule has 38 heavy (non-hydrogen) atoms. The van der Waals surface area contributed by atoms with E-state index in [0.29, 0.717) is 32.2 Å². The maximum atomic E-state index is 13.3. The molecule has 5 rings (SSSR count). The summed E-state index contributed by atoms with van der Waals surface area (Å²) < 4.78 is 42.8. The predicted octanol–water partition coefficient (Wildman–Crippen LogP) is 7.28. The fourth-order valence-corrected chi connectivity index (χ4v) is 4.70. The molecule has 11 heteroatoms. The summed E-state index contributed by atoms with van der Waals surface area (Å²) in [7, 11) is 0. The Labute approximate surface area is 225 Å². The molecule has 194 valence electrons. The Balaban J connectivity index is 1.53. The highest BCUT2D eigenvalue weighted by Gasteiger charge is 2.35. The number of rotatable bonds is 5. The lowest BCUT2D eigenvalue weighted by Gasteiger charge is -2.13. The normalized spacial score (nSPS) is 12.0. The molecule has 0 unspecified atom stereocenters. The molecule has 0 saturated carbocycles. The Bertz CT molecular complexity index is 1690. The van der Waals surface area contributed by atoms with Gasteiger partial charge in [-0.15, -0.1) is 0 Å². The summed E-state index contributed by atoms with van der Waals surface area (Å²) in [6.45, 7) is 3.76. The molecular formula is C27H20Cl2F3N5O. The fourth-order valence-electron chi connectivity index (χ4n) is 4.14. The van der Waals surface area contributed by atoms with E-state index >= 15 is 0 Å². The summed E-state index contributed by atoms with van der Waals surface area (Å²) >= 11 is 12.7. The zero-order valence-electron chi connectivity index (χ0n) is 20.2. The monoisotopic (exact) mass is 557 g/mol. The number of hydrogen-bond acceptors (Lipinski definition) is 4. The summed E-state index contributed by atoms with van der Waals surface area (Å²) in [4.78, 5) is 25.7. The molecule has 2 aromatic carbocycles. The highest BCUT2D eigenvalue weighted by Crippen LogP contribution is 2.34. The quantitative estimate of drug-likeness (QED) is 0.228. The third-order valence-electron chi connectivity index (χ3n) is 6.04. The molecule has 0 aliphatic rings. The van der Waals surface area contributed by atoms with E-state index in [0.717, 1.165) is 11.8 Å². The third kappa shape index (κ3) is 4.91. The lowest BCUT2D eigenvalue weighted by Crippen LogP contribution is -2.21. The van der Waals surface area contributed by atoms with Crippen LogP contribution >= 0.6 is 23.2 Å². The number of pyridine rings is 1. The van der Waals surface area contributed by atoms with Crippen LogP contribution in [0.15, 0.2) is 71.8 Å². The second-order valence-electron chi connectivity index (χ2n) is 8.97. The maximum Gasteiger partial charge on any atom is 0.434 e. The van der Waals surface area contributed by atoms with Gasteiger partial charge in [0, 0.05) is 35.5 Å². The van der Waals surface area contributed by atoms with Gasteiger partial charge in [0.1, 0.15) is 11.5 Å². The lowest BCUT2D eigenvalue weighted by molar-refractivity contribution is -0.140. The smallest absolute Gasteiger partial charge is 0.328 e. The predicted molar refractivity (Wildman–Crippen MR) is 141 cm³/mol. The second-order valence-corrected chi connectivity index (χ2v) is 9.79. The van der Waals surface area contributed by atoms with Crippen LogP contribution in [0.3, 0.4) is 0 Å². The first-order valence-corrected chi connectivity index (χ1v) is 12.3. The Morgan fingerprint density at radius 1 is 0.947 bits per heavy atom. The van der Waals surface area contributed by atoms with Crippen LogP contribution < -0.4 is 5.56 Å². The van der Waals surface area contributed by atoms with Gasteiger partial charge in [-0.2, -0.15) is 13.2 Å². The van der Waals surface area contributed by atoms with Crippen molar-refractivity contribution in [1.29, 1.82) is 0 Å². The van der Waals surface area contributed by atoms with Crippen LogP contribution in [0.1, 0.15) is 31.1 Å². The van der Waals surface area contributed by atoms with Gasteiger partial charge in [-0.3, -0.25) is 9.36 Å². The van der Waals surface area contributed by atoms with Crippen molar-refractivity contribution >= 4 is 34.2 Å². The molecule has 6 nitrogen and oxygen atoms in total. The molecule has 0 atom stereocenters. The van der Waals surface area contributed by atoms with Gasteiger partial charge in [-0.25, -0.2) is 15.0 Å². The molecule has 0 saturated heterocycles. The van der Waals surface area contributed by atoms with E-state index in [2.05, 4.69) is 15.0 Å². The van der Waals surface area contributed by atoms with Crippen LogP contribution in [0, 0.1) is 0 Å². The van der Waals surface area contributed by atoms with Gasteiger partial charge in [0.05, 0.1) is 22.2 Å². The molecule has 0 aliphatic heterocycles. The lowest BCUT2D eigenvalue weighted by atomic mass is 10.1. The van der Waals surface area contributed by atoms with E-state index < -0.39 is 11.9 Å². The zero-order chi connectivity index (χ0) is 27.2. The number of hydrogen-bond donors (Lipinski definition) is 0. The van der Waals surface area contributed by atoms with E-state index in [9.17, 15) is 18.0 Å². The highest BCUT2D eigenvalue weighted by atomic mass is 35.5. The van der Waals surface area contributed by atoms with Crippen LogP contribution in [-0.2, 0) is 12.7 Å². The van der Waals surface area contributed by atoms with Gasteiger partial charge in [0.15, 0.2) is 11.5 Å². The highest BCUT2D eigenvalue weighted by molar-refractivity contribution is 6.39. The molecule has 3 aromatic heterocycles. The molecule has 0 spiro atoms. The summed E-state index contributed by atoms with van der Waals surface area (Å²) in [5.74, 6) is 0.499. The molecule has 5 aromatic rings. The first-order chi connectivity index (χ1) is 18.0. The first kappa shape index (κ1) is 25.9.